The van der Waals surface area contributed by atoms with Crippen LogP contribution in [-0.2, 0) is 4.79 Å². The summed E-state index contributed by atoms with van der Waals surface area (Å²) >= 11 is 0. The van der Waals surface area contributed by atoms with Crippen LogP contribution in [0.4, 0.5) is 5.82 Å². The number of carbonyl (C=O) groups excluding carboxylic acids is 1. The van der Waals surface area contributed by atoms with E-state index in [1.54, 1.807) is 12.5 Å². The van der Waals surface area contributed by atoms with Crippen LogP contribution < -0.4 is 10.2 Å². The van der Waals surface area contributed by atoms with Crippen LogP contribution in [0.3, 0.4) is 0 Å². The fourth-order valence-electron chi connectivity index (χ4n) is 4.16. The Morgan fingerprint density at radius 2 is 2.12 bits per heavy atom. The van der Waals surface area contributed by atoms with Crippen molar-refractivity contribution in [1.29, 1.82) is 0 Å². The summed E-state index contributed by atoms with van der Waals surface area (Å²) < 4.78 is 0. The van der Waals surface area contributed by atoms with Crippen LogP contribution in [0.2, 0.25) is 0 Å². The Morgan fingerprint density at radius 1 is 1.27 bits per heavy atom. The van der Waals surface area contributed by atoms with Crippen molar-refractivity contribution < 1.29 is 4.79 Å². The molecule has 1 saturated heterocycles. The lowest BCUT2D eigenvalue weighted by Crippen LogP contribution is -2.51. The molecule has 2 unspecified atom stereocenters. The number of hydrogen-bond acceptors (Lipinski definition) is 6. The zero-order chi connectivity index (χ0) is 17.9. The van der Waals surface area contributed by atoms with Crippen LogP contribution >= 0.6 is 0 Å². The van der Waals surface area contributed by atoms with E-state index in [1.165, 1.54) is 12.8 Å². The van der Waals surface area contributed by atoms with Gasteiger partial charge in [0, 0.05) is 32.2 Å². The number of piperazine rings is 1. The van der Waals surface area contributed by atoms with Gasteiger partial charge in [-0.25, -0.2) is 9.97 Å². The van der Waals surface area contributed by atoms with E-state index in [4.69, 9.17) is 0 Å². The minimum Gasteiger partial charge on any atom is -0.353 e. The van der Waals surface area contributed by atoms with Crippen molar-refractivity contribution in [2.24, 2.45) is 5.92 Å². The maximum absolute atomic E-state index is 12.4. The fraction of sp³-hybridized carbons (Fsp3) is 0.667. The number of nitrogens with zero attached hydrogens (tertiary/aromatic N) is 5. The van der Waals surface area contributed by atoms with Crippen molar-refractivity contribution in [1.82, 2.24) is 30.4 Å². The average Bonchev–Trinajstić information content (AvgIpc) is 3.11. The van der Waals surface area contributed by atoms with Gasteiger partial charge in [0.05, 0.1) is 18.1 Å². The minimum absolute atomic E-state index is 0.164. The minimum atomic E-state index is 0.164. The molecular formula is C18H27N7O. The van der Waals surface area contributed by atoms with Gasteiger partial charge in [-0.1, -0.05) is 19.8 Å². The number of anilines is 1. The second-order valence-corrected chi connectivity index (χ2v) is 7.63. The van der Waals surface area contributed by atoms with E-state index < -0.39 is 0 Å². The molecule has 2 aromatic rings. The molecule has 3 heterocycles. The molecule has 26 heavy (non-hydrogen) atoms. The van der Waals surface area contributed by atoms with Gasteiger partial charge in [-0.2, -0.15) is 5.10 Å². The summed E-state index contributed by atoms with van der Waals surface area (Å²) in [6.45, 7) is 6.19. The summed E-state index contributed by atoms with van der Waals surface area (Å²) in [6.07, 6.45) is 8.11. The second-order valence-electron chi connectivity index (χ2n) is 7.63. The highest BCUT2D eigenvalue weighted by atomic mass is 16.2. The van der Waals surface area contributed by atoms with E-state index in [-0.39, 0.29) is 5.91 Å². The predicted molar refractivity (Wildman–Crippen MR) is 99.9 cm³/mol. The van der Waals surface area contributed by atoms with Crippen molar-refractivity contribution in [2.45, 2.75) is 38.6 Å². The van der Waals surface area contributed by atoms with Gasteiger partial charge in [0.2, 0.25) is 5.91 Å². The molecule has 4 rings (SSSR count). The summed E-state index contributed by atoms with van der Waals surface area (Å²) in [4.78, 5) is 25.5. The topological polar surface area (TPSA) is 90.0 Å². The van der Waals surface area contributed by atoms with E-state index in [0.717, 1.165) is 61.8 Å². The molecule has 1 aliphatic carbocycles. The molecule has 8 heteroatoms. The standard InChI is InChI=1S/C18H27N7O/c1-13-3-2-4-14(9-13)22-16(26)11-24-5-7-25(8-6-24)18-15-10-21-23-17(15)19-12-20-18/h10,12-14H,2-9,11H2,1H3,(H,22,26)(H,19,20,21,23). The Kier molecular flexibility index (Phi) is 5.01. The third kappa shape index (κ3) is 3.80. The fourth-order valence-corrected chi connectivity index (χ4v) is 4.16. The molecule has 0 spiro atoms. The van der Waals surface area contributed by atoms with Gasteiger partial charge in [0.1, 0.15) is 12.1 Å². The van der Waals surface area contributed by atoms with Crippen LogP contribution in [0.15, 0.2) is 12.5 Å². The third-order valence-electron chi connectivity index (χ3n) is 5.57. The van der Waals surface area contributed by atoms with E-state index >= 15 is 0 Å². The first kappa shape index (κ1) is 17.2. The van der Waals surface area contributed by atoms with Gasteiger partial charge < -0.3 is 10.2 Å². The zero-order valence-corrected chi connectivity index (χ0v) is 15.3. The summed E-state index contributed by atoms with van der Waals surface area (Å²) in [7, 11) is 0. The smallest absolute Gasteiger partial charge is 0.234 e. The first-order valence-electron chi connectivity index (χ1n) is 9.60. The number of H-pyrrole nitrogens is 1. The summed E-state index contributed by atoms with van der Waals surface area (Å²) in [5.41, 5.74) is 0.763. The molecule has 1 saturated carbocycles. The van der Waals surface area contributed by atoms with E-state index in [2.05, 4.69) is 42.2 Å². The second kappa shape index (κ2) is 7.57. The average molecular weight is 357 g/mol. The van der Waals surface area contributed by atoms with Gasteiger partial charge in [0.15, 0.2) is 5.65 Å². The first-order chi connectivity index (χ1) is 12.7. The maximum atomic E-state index is 12.4. The molecule has 2 aromatic heterocycles. The molecule has 2 fully saturated rings. The third-order valence-corrected chi connectivity index (χ3v) is 5.57. The molecule has 8 nitrogen and oxygen atoms in total. The Labute approximate surface area is 153 Å². The predicted octanol–water partition coefficient (Wildman–Crippen LogP) is 1.17. The zero-order valence-electron chi connectivity index (χ0n) is 15.3. The van der Waals surface area contributed by atoms with Gasteiger partial charge in [-0.15, -0.1) is 0 Å². The number of aromatic nitrogens is 4. The van der Waals surface area contributed by atoms with Crippen LogP contribution in [0.5, 0.6) is 0 Å². The molecule has 1 amide bonds. The van der Waals surface area contributed by atoms with E-state index in [0.29, 0.717) is 12.6 Å². The van der Waals surface area contributed by atoms with Crippen molar-refractivity contribution >= 4 is 22.8 Å². The van der Waals surface area contributed by atoms with E-state index in [9.17, 15) is 4.79 Å². The number of carbonyl (C=O) groups is 1. The molecule has 0 aromatic carbocycles. The summed E-state index contributed by atoms with van der Waals surface area (Å²) in [5, 5.41) is 11.1. The Hall–Kier alpha value is -2.22. The lowest BCUT2D eigenvalue weighted by atomic mass is 9.87. The Balaban J connectivity index is 1.28. The number of rotatable bonds is 4. The Bertz CT molecular complexity index is 753. The van der Waals surface area contributed by atoms with Crippen LogP contribution in [0.1, 0.15) is 32.6 Å². The largest absolute Gasteiger partial charge is 0.353 e. The van der Waals surface area contributed by atoms with E-state index in [1.807, 2.05) is 0 Å². The number of nitrogens with one attached hydrogen (secondary N) is 2. The maximum Gasteiger partial charge on any atom is 0.234 e. The van der Waals surface area contributed by atoms with Crippen LogP contribution in [0, 0.1) is 5.92 Å². The summed E-state index contributed by atoms with van der Waals surface area (Å²) in [6, 6.07) is 0.364. The molecule has 1 aliphatic heterocycles. The van der Waals surface area contributed by atoms with Crippen LogP contribution in [0.25, 0.3) is 11.0 Å². The normalized spacial score (nSPS) is 24.7. The molecular weight excluding hydrogens is 330 g/mol. The number of hydrogen-bond donors (Lipinski definition) is 2. The van der Waals surface area contributed by atoms with Crippen molar-refractivity contribution in [3.05, 3.63) is 12.5 Å². The molecule has 2 N–H and O–H groups in total. The highest BCUT2D eigenvalue weighted by Crippen LogP contribution is 2.24. The van der Waals surface area contributed by atoms with Gasteiger partial charge in [-0.05, 0) is 18.8 Å². The molecule has 2 aliphatic rings. The molecule has 2 atom stereocenters. The number of amides is 1. The van der Waals surface area contributed by atoms with Gasteiger partial charge in [-0.3, -0.25) is 14.8 Å². The lowest BCUT2D eigenvalue weighted by Gasteiger charge is -2.35. The quantitative estimate of drug-likeness (QED) is 0.854. The van der Waals surface area contributed by atoms with Crippen LogP contribution in [-0.4, -0.2) is 69.7 Å². The number of fused-ring (bicyclic) bond motifs is 1. The highest BCUT2D eigenvalue weighted by molar-refractivity contribution is 5.86. The molecule has 0 bridgehead atoms. The van der Waals surface area contributed by atoms with Crippen molar-refractivity contribution in [3.8, 4) is 0 Å². The van der Waals surface area contributed by atoms with Crippen molar-refractivity contribution in [2.75, 3.05) is 37.6 Å². The molecule has 0 radical (unpaired) electrons. The van der Waals surface area contributed by atoms with Gasteiger partial charge >= 0.3 is 0 Å². The lowest BCUT2D eigenvalue weighted by molar-refractivity contribution is -0.123. The van der Waals surface area contributed by atoms with Crippen molar-refractivity contribution in [3.63, 3.8) is 0 Å². The molecule has 140 valence electrons. The SMILES string of the molecule is CC1CCCC(NC(=O)CN2CCN(c3ncnc4[nH]ncc34)CC2)C1. The Morgan fingerprint density at radius 3 is 2.92 bits per heavy atom. The monoisotopic (exact) mass is 357 g/mol. The number of aromatic amines is 1. The summed E-state index contributed by atoms with van der Waals surface area (Å²) in [5.74, 6) is 1.81. The first-order valence-corrected chi connectivity index (χ1v) is 9.60. The van der Waals surface area contributed by atoms with Gasteiger partial charge in [0.25, 0.3) is 0 Å². The highest BCUT2D eigenvalue weighted by Gasteiger charge is 2.24.